The van der Waals surface area contributed by atoms with Crippen LogP contribution in [0.2, 0.25) is 0 Å². The maximum absolute atomic E-state index is 9.49. The average Bonchev–Trinajstić information content (AvgIpc) is 2.73. The van der Waals surface area contributed by atoms with Crippen LogP contribution in [0.25, 0.3) is 0 Å². The van der Waals surface area contributed by atoms with Gasteiger partial charge in [-0.2, -0.15) is 5.26 Å². The highest BCUT2D eigenvalue weighted by atomic mass is 16.5. The van der Waals surface area contributed by atoms with Gasteiger partial charge >= 0.3 is 0 Å². The molecule has 0 bridgehead atoms. The Morgan fingerprint density at radius 3 is 2.89 bits per heavy atom. The van der Waals surface area contributed by atoms with E-state index >= 15 is 0 Å². The second kappa shape index (κ2) is 5.56. The van der Waals surface area contributed by atoms with Gasteiger partial charge < -0.3 is 4.74 Å². The van der Waals surface area contributed by atoms with E-state index in [2.05, 4.69) is 37.1 Å². The summed E-state index contributed by atoms with van der Waals surface area (Å²) in [7, 11) is 0. The number of nitriles is 1. The first-order chi connectivity index (χ1) is 8.56. The Hall–Kier alpha value is -0.630. The monoisotopic (exact) mass is 251 g/mol. The first-order valence-corrected chi connectivity index (χ1v) is 7.09. The molecule has 2 aliphatic rings. The number of morpholine rings is 1. The Kier molecular flexibility index (Phi) is 4.26. The molecule has 0 spiro atoms. The Morgan fingerprint density at radius 2 is 2.28 bits per heavy atom. The van der Waals surface area contributed by atoms with Crippen molar-refractivity contribution >= 4 is 0 Å². The first kappa shape index (κ1) is 13.8. The zero-order chi connectivity index (χ0) is 13.2. The third-order valence-corrected chi connectivity index (χ3v) is 4.16. The summed E-state index contributed by atoms with van der Waals surface area (Å²) in [6.45, 7) is 9.12. The summed E-state index contributed by atoms with van der Waals surface area (Å²) in [5, 5.41) is 13.0. The highest BCUT2D eigenvalue weighted by Gasteiger charge is 2.43. The van der Waals surface area contributed by atoms with Crippen molar-refractivity contribution in [3.8, 4) is 6.07 Å². The second-order valence-electron chi connectivity index (χ2n) is 6.05. The fourth-order valence-electron chi connectivity index (χ4n) is 3.40. The molecule has 18 heavy (non-hydrogen) atoms. The van der Waals surface area contributed by atoms with Crippen LogP contribution in [0.15, 0.2) is 0 Å². The molecule has 1 N–H and O–H groups in total. The predicted octanol–water partition coefficient (Wildman–Crippen LogP) is 1.52. The van der Waals surface area contributed by atoms with Crippen LogP contribution < -0.4 is 5.32 Å². The summed E-state index contributed by atoms with van der Waals surface area (Å²) in [4.78, 5) is 2.53. The molecule has 0 aromatic carbocycles. The number of rotatable bonds is 3. The SMILES string of the molecule is CC(C)NC1(C#N)CCC(N2CCOCC2C)C1. The number of nitrogens with one attached hydrogen (secondary N) is 1. The van der Waals surface area contributed by atoms with Crippen LogP contribution in [-0.2, 0) is 4.74 Å². The highest BCUT2D eigenvalue weighted by molar-refractivity contribution is 5.14. The van der Waals surface area contributed by atoms with Crippen molar-refractivity contribution in [3.05, 3.63) is 0 Å². The zero-order valence-electron chi connectivity index (χ0n) is 11.8. The summed E-state index contributed by atoms with van der Waals surface area (Å²) < 4.78 is 5.49. The highest BCUT2D eigenvalue weighted by Crippen LogP contribution is 2.34. The lowest BCUT2D eigenvalue weighted by molar-refractivity contribution is -0.0215. The molecule has 1 saturated heterocycles. The molecule has 0 aromatic rings. The maximum atomic E-state index is 9.49. The van der Waals surface area contributed by atoms with E-state index in [-0.39, 0.29) is 5.54 Å². The number of hydrogen-bond acceptors (Lipinski definition) is 4. The smallest absolute Gasteiger partial charge is 0.108 e. The largest absolute Gasteiger partial charge is 0.379 e. The minimum atomic E-state index is -0.309. The third-order valence-electron chi connectivity index (χ3n) is 4.16. The van der Waals surface area contributed by atoms with Crippen LogP contribution in [0.4, 0.5) is 0 Å². The summed E-state index contributed by atoms with van der Waals surface area (Å²) in [5.74, 6) is 0. The summed E-state index contributed by atoms with van der Waals surface area (Å²) in [6.07, 6.45) is 3.04. The molecule has 3 unspecified atom stereocenters. The molecule has 1 aliphatic heterocycles. The van der Waals surface area contributed by atoms with Gasteiger partial charge in [0.1, 0.15) is 5.54 Å². The van der Waals surface area contributed by atoms with Gasteiger partial charge in [0, 0.05) is 24.7 Å². The molecule has 1 aliphatic carbocycles. The molecular formula is C14H25N3O. The molecule has 4 nitrogen and oxygen atoms in total. The van der Waals surface area contributed by atoms with E-state index in [9.17, 15) is 5.26 Å². The molecule has 2 fully saturated rings. The van der Waals surface area contributed by atoms with Gasteiger partial charge in [-0.3, -0.25) is 10.2 Å². The van der Waals surface area contributed by atoms with Crippen LogP contribution in [0.5, 0.6) is 0 Å². The van der Waals surface area contributed by atoms with Gasteiger partial charge in [-0.15, -0.1) is 0 Å². The molecule has 0 aromatic heterocycles. The van der Waals surface area contributed by atoms with Crippen molar-refractivity contribution in [3.63, 3.8) is 0 Å². The first-order valence-electron chi connectivity index (χ1n) is 7.09. The van der Waals surface area contributed by atoms with Crippen LogP contribution in [0, 0.1) is 11.3 Å². The fourth-order valence-corrected chi connectivity index (χ4v) is 3.40. The fraction of sp³-hybridized carbons (Fsp3) is 0.929. The lowest BCUT2D eigenvalue weighted by Gasteiger charge is -2.38. The minimum absolute atomic E-state index is 0.309. The number of hydrogen-bond donors (Lipinski definition) is 1. The number of nitrogens with zero attached hydrogens (tertiary/aromatic N) is 2. The summed E-state index contributed by atoms with van der Waals surface area (Å²) in [6, 6.07) is 3.91. The average molecular weight is 251 g/mol. The molecule has 1 saturated carbocycles. The lowest BCUT2D eigenvalue weighted by Crippen LogP contribution is -2.51. The number of ether oxygens (including phenoxy) is 1. The van der Waals surface area contributed by atoms with Gasteiger partial charge in [-0.1, -0.05) is 0 Å². The molecular weight excluding hydrogens is 226 g/mol. The van der Waals surface area contributed by atoms with Crippen molar-refractivity contribution in [1.82, 2.24) is 10.2 Å². The van der Waals surface area contributed by atoms with E-state index in [1.165, 1.54) is 0 Å². The molecule has 102 valence electrons. The van der Waals surface area contributed by atoms with Gasteiger partial charge in [-0.05, 0) is 40.0 Å². The van der Waals surface area contributed by atoms with E-state index in [1.807, 2.05) is 0 Å². The molecule has 2 rings (SSSR count). The standard InChI is InChI=1S/C14H25N3O/c1-11(2)16-14(10-15)5-4-13(8-14)17-6-7-18-9-12(17)3/h11-13,16H,4-9H2,1-3H3. The minimum Gasteiger partial charge on any atom is -0.379 e. The van der Waals surface area contributed by atoms with Crippen molar-refractivity contribution in [2.24, 2.45) is 0 Å². The van der Waals surface area contributed by atoms with Gasteiger partial charge in [0.15, 0.2) is 0 Å². The zero-order valence-corrected chi connectivity index (χ0v) is 11.8. The molecule has 1 heterocycles. The van der Waals surface area contributed by atoms with Gasteiger partial charge in [0.2, 0.25) is 0 Å². The molecule has 4 heteroatoms. The molecule has 0 radical (unpaired) electrons. The lowest BCUT2D eigenvalue weighted by atomic mass is 9.97. The van der Waals surface area contributed by atoms with Gasteiger partial charge in [0.05, 0.1) is 19.3 Å². The molecule has 0 amide bonds. The van der Waals surface area contributed by atoms with E-state index in [4.69, 9.17) is 4.74 Å². The maximum Gasteiger partial charge on any atom is 0.108 e. The van der Waals surface area contributed by atoms with E-state index < -0.39 is 0 Å². The van der Waals surface area contributed by atoms with Gasteiger partial charge in [-0.25, -0.2) is 0 Å². The van der Waals surface area contributed by atoms with Crippen molar-refractivity contribution in [2.75, 3.05) is 19.8 Å². The second-order valence-corrected chi connectivity index (χ2v) is 6.05. The van der Waals surface area contributed by atoms with Crippen molar-refractivity contribution in [2.45, 2.75) is 63.7 Å². The van der Waals surface area contributed by atoms with E-state index in [0.29, 0.717) is 18.1 Å². The Bertz CT molecular complexity index is 325. The predicted molar refractivity (Wildman–Crippen MR) is 71.2 cm³/mol. The van der Waals surface area contributed by atoms with Crippen LogP contribution in [0.1, 0.15) is 40.0 Å². The quantitative estimate of drug-likeness (QED) is 0.826. The summed E-state index contributed by atoms with van der Waals surface area (Å²) >= 11 is 0. The topological polar surface area (TPSA) is 48.3 Å². The normalized spacial score (nSPS) is 37.9. The van der Waals surface area contributed by atoms with Crippen molar-refractivity contribution in [1.29, 1.82) is 5.26 Å². The Morgan fingerprint density at radius 1 is 1.50 bits per heavy atom. The van der Waals surface area contributed by atoms with Gasteiger partial charge in [0.25, 0.3) is 0 Å². The van der Waals surface area contributed by atoms with Crippen molar-refractivity contribution < 1.29 is 4.74 Å². The third kappa shape index (κ3) is 2.85. The van der Waals surface area contributed by atoms with Crippen LogP contribution >= 0.6 is 0 Å². The van der Waals surface area contributed by atoms with Crippen LogP contribution in [-0.4, -0.2) is 48.3 Å². The Labute approximate surface area is 110 Å². The van der Waals surface area contributed by atoms with E-state index in [1.54, 1.807) is 0 Å². The summed E-state index contributed by atoms with van der Waals surface area (Å²) in [5.41, 5.74) is -0.309. The van der Waals surface area contributed by atoms with E-state index in [0.717, 1.165) is 39.0 Å². The Balaban J connectivity index is 2.00. The molecule has 3 atom stereocenters. The van der Waals surface area contributed by atoms with Crippen LogP contribution in [0.3, 0.4) is 0 Å².